The molecule has 0 spiro atoms. The molecule has 3 aromatic rings. The zero-order valence-electron chi connectivity index (χ0n) is 13.2. The fraction of sp³-hybridized carbons (Fsp3) is 0.375. The van der Waals surface area contributed by atoms with Crippen molar-refractivity contribution in [2.75, 3.05) is 11.9 Å². The Labute approximate surface area is 136 Å². The van der Waals surface area contributed by atoms with Crippen LogP contribution in [0.1, 0.15) is 25.1 Å². The number of fused-ring (bicyclic) bond motifs is 3. The highest BCUT2D eigenvalue weighted by Gasteiger charge is 2.31. The van der Waals surface area contributed by atoms with Gasteiger partial charge < -0.3 is 10.4 Å². The number of aromatic nitrogens is 3. The first-order chi connectivity index (χ1) is 11.3. The second kappa shape index (κ2) is 5.94. The van der Waals surface area contributed by atoms with Crippen LogP contribution in [0.15, 0.2) is 24.4 Å². The average molecular weight is 338 g/mol. The monoisotopic (exact) mass is 338 g/mol. The summed E-state index contributed by atoms with van der Waals surface area (Å²) in [6.07, 6.45) is -2.94. The highest BCUT2D eigenvalue weighted by molar-refractivity contribution is 5.84. The van der Waals surface area contributed by atoms with Crippen LogP contribution in [0.3, 0.4) is 0 Å². The Hall–Kier alpha value is -2.35. The Morgan fingerprint density at radius 2 is 2.04 bits per heavy atom. The molecule has 2 N–H and O–H groups in total. The zero-order valence-corrected chi connectivity index (χ0v) is 13.2. The molecule has 0 unspecified atom stereocenters. The van der Waals surface area contributed by atoms with Crippen molar-refractivity contribution >= 4 is 22.5 Å². The summed E-state index contributed by atoms with van der Waals surface area (Å²) in [6, 6.07) is 3.37. The number of hydrogen-bond acceptors (Lipinski definition) is 4. The lowest BCUT2D eigenvalue weighted by atomic mass is 10.2. The minimum absolute atomic E-state index is 0.191. The Kier molecular flexibility index (Phi) is 4.08. The summed E-state index contributed by atoms with van der Waals surface area (Å²) < 4.78 is 40.5. The predicted molar refractivity (Wildman–Crippen MR) is 84.7 cm³/mol. The summed E-state index contributed by atoms with van der Waals surface area (Å²) in [6.45, 7) is 4.36. The molecule has 3 rings (SSSR count). The summed E-state index contributed by atoms with van der Waals surface area (Å²) in [5.41, 5.74) is 0.866. The van der Waals surface area contributed by atoms with Crippen LogP contribution in [0.5, 0.6) is 0 Å². The molecule has 0 radical (unpaired) electrons. The number of nitrogens with one attached hydrogen (secondary N) is 1. The fourth-order valence-corrected chi connectivity index (χ4v) is 2.50. The van der Waals surface area contributed by atoms with Gasteiger partial charge in [0.1, 0.15) is 0 Å². The van der Waals surface area contributed by atoms with Gasteiger partial charge in [0.15, 0.2) is 11.5 Å². The number of aliphatic hydroxyl groups excluding tert-OH is 1. The Morgan fingerprint density at radius 1 is 1.29 bits per heavy atom. The van der Waals surface area contributed by atoms with Crippen LogP contribution in [-0.4, -0.2) is 26.0 Å². The predicted octanol–water partition coefficient (Wildman–Crippen LogP) is 3.46. The van der Waals surface area contributed by atoms with Gasteiger partial charge in [0, 0.05) is 6.54 Å². The normalized spacial score (nSPS) is 12.5. The maximum Gasteiger partial charge on any atom is 0.416 e. The molecule has 0 saturated heterocycles. The first-order valence-corrected chi connectivity index (χ1v) is 7.53. The average Bonchev–Trinajstić information content (AvgIpc) is 2.95. The van der Waals surface area contributed by atoms with E-state index in [1.807, 2.05) is 13.8 Å². The highest BCUT2D eigenvalue weighted by Crippen LogP contribution is 2.32. The summed E-state index contributed by atoms with van der Waals surface area (Å²) in [5, 5.41) is 12.6. The van der Waals surface area contributed by atoms with Crippen molar-refractivity contribution in [3.8, 4) is 0 Å². The lowest BCUT2D eigenvalue weighted by molar-refractivity contribution is -0.137. The van der Waals surface area contributed by atoms with Crippen molar-refractivity contribution in [1.29, 1.82) is 0 Å². The summed E-state index contributed by atoms with van der Waals surface area (Å²) in [7, 11) is 0. The van der Waals surface area contributed by atoms with Crippen LogP contribution in [-0.2, 0) is 12.8 Å². The van der Waals surface area contributed by atoms with E-state index in [0.29, 0.717) is 35.1 Å². The van der Waals surface area contributed by atoms with Crippen LogP contribution >= 0.6 is 0 Å². The molecule has 0 aliphatic carbocycles. The van der Waals surface area contributed by atoms with E-state index < -0.39 is 11.7 Å². The first-order valence-electron chi connectivity index (χ1n) is 7.53. The molecule has 0 atom stereocenters. The van der Waals surface area contributed by atoms with E-state index >= 15 is 0 Å². The molecule has 2 heterocycles. The van der Waals surface area contributed by atoms with Gasteiger partial charge in [-0.15, -0.1) is 0 Å². The second-order valence-electron chi connectivity index (χ2n) is 6.00. The fourth-order valence-electron chi connectivity index (χ4n) is 2.50. The van der Waals surface area contributed by atoms with Crippen molar-refractivity contribution in [3.05, 3.63) is 35.7 Å². The Bertz CT molecular complexity index is 886. The largest absolute Gasteiger partial charge is 0.416 e. The number of alkyl halides is 3. The van der Waals surface area contributed by atoms with Gasteiger partial charge >= 0.3 is 6.18 Å². The number of imidazole rings is 1. The van der Waals surface area contributed by atoms with Gasteiger partial charge in [0.05, 0.1) is 35.1 Å². The topological polar surface area (TPSA) is 62.5 Å². The zero-order chi connectivity index (χ0) is 17.5. The Morgan fingerprint density at radius 3 is 2.67 bits per heavy atom. The molecule has 0 aliphatic rings. The minimum atomic E-state index is -4.44. The van der Waals surface area contributed by atoms with Crippen LogP contribution < -0.4 is 5.32 Å². The van der Waals surface area contributed by atoms with Crippen LogP contribution in [0.25, 0.3) is 16.7 Å². The SMILES string of the molecule is CC(C)CNc1nc2cc(C(F)(F)F)ccc2n2c(CO)cnc12. The number of halogens is 3. The van der Waals surface area contributed by atoms with Gasteiger partial charge in [0.25, 0.3) is 0 Å². The number of aliphatic hydroxyl groups is 1. The van der Waals surface area contributed by atoms with Gasteiger partial charge in [-0.05, 0) is 24.1 Å². The standard InChI is InChI=1S/C16H17F3N4O/c1-9(2)6-20-14-15-21-7-11(8-24)23(15)13-4-3-10(16(17,18)19)5-12(13)22-14/h3-5,7,9,24H,6,8H2,1-2H3,(H,20,22). The molecular formula is C16H17F3N4O. The summed E-state index contributed by atoms with van der Waals surface area (Å²) in [4.78, 5) is 8.57. The lowest BCUT2D eigenvalue weighted by Crippen LogP contribution is -2.12. The number of anilines is 1. The van der Waals surface area contributed by atoms with E-state index in [9.17, 15) is 18.3 Å². The molecular weight excluding hydrogens is 321 g/mol. The van der Waals surface area contributed by atoms with E-state index in [1.54, 1.807) is 4.40 Å². The molecule has 1 aromatic carbocycles. The molecule has 0 fully saturated rings. The maximum atomic E-state index is 13.0. The molecule has 5 nitrogen and oxygen atoms in total. The second-order valence-corrected chi connectivity index (χ2v) is 6.00. The molecule has 0 aliphatic heterocycles. The molecule has 8 heteroatoms. The lowest BCUT2D eigenvalue weighted by Gasteiger charge is -2.13. The molecule has 128 valence electrons. The maximum absolute atomic E-state index is 13.0. The number of rotatable bonds is 4. The number of hydrogen-bond donors (Lipinski definition) is 2. The van der Waals surface area contributed by atoms with Crippen molar-refractivity contribution in [2.45, 2.75) is 26.6 Å². The van der Waals surface area contributed by atoms with Gasteiger partial charge in [0.2, 0.25) is 0 Å². The van der Waals surface area contributed by atoms with Crippen LogP contribution in [0, 0.1) is 5.92 Å². The molecule has 0 amide bonds. The van der Waals surface area contributed by atoms with Crippen molar-refractivity contribution in [3.63, 3.8) is 0 Å². The third-order valence-electron chi connectivity index (χ3n) is 3.66. The minimum Gasteiger partial charge on any atom is -0.390 e. The molecule has 2 aromatic heterocycles. The van der Waals surface area contributed by atoms with Crippen molar-refractivity contribution in [2.24, 2.45) is 5.92 Å². The number of benzene rings is 1. The third kappa shape index (κ3) is 2.89. The van der Waals surface area contributed by atoms with E-state index in [4.69, 9.17) is 0 Å². The summed E-state index contributed by atoms with van der Waals surface area (Å²) in [5.74, 6) is 0.728. The Balaban J connectivity index is 2.26. The third-order valence-corrected chi connectivity index (χ3v) is 3.66. The van der Waals surface area contributed by atoms with E-state index in [-0.39, 0.29) is 12.1 Å². The summed E-state index contributed by atoms with van der Waals surface area (Å²) >= 11 is 0. The van der Waals surface area contributed by atoms with Gasteiger partial charge in [-0.1, -0.05) is 13.8 Å². The van der Waals surface area contributed by atoms with Crippen LogP contribution in [0.4, 0.5) is 19.0 Å². The van der Waals surface area contributed by atoms with Crippen molar-refractivity contribution < 1.29 is 18.3 Å². The smallest absolute Gasteiger partial charge is 0.390 e. The van der Waals surface area contributed by atoms with E-state index in [1.165, 1.54) is 12.3 Å². The quantitative estimate of drug-likeness (QED) is 0.765. The molecule has 0 bridgehead atoms. The van der Waals surface area contributed by atoms with Crippen LogP contribution in [0.2, 0.25) is 0 Å². The molecule has 0 saturated carbocycles. The number of nitrogens with zero attached hydrogens (tertiary/aromatic N) is 3. The van der Waals surface area contributed by atoms with Gasteiger partial charge in [-0.2, -0.15) is 13.2 Å². The van der Waals surface area contributed by atoms with Gasteiger partial charge in [-0.3, -0.25) is 4.40 Å². The van der Waals surface area contributed by atoms with E-state index in [2.05, 4.69) is 15.3 Å². The van der Waals surface area contributed by atoms with E-state index in [0.717, 1.165) is 12.1 Å². The molecule has 24 heavy (non-hydrogen) atoms. The van der Waals surface area contributed by atoms with Gasteiger partial charge in [-0.25, -0.2) is 9.97 Å². The van der Waals surface area contributed by atoms with Crippen molar-refractivity contribution in [1.82, 2.24) is 14.4 Å². The highest BCUT2D eigenvalue weighted by atomic mass is 19.4. The first kappa shape index (κ1) is 16.5.